The fourth-order valence-electron chi connectivity index (χ4n) is 2.91. The lowest BCUT2D eigenvalue weighted by atomic mass is 10.00. The first-order chi connectivity index (χ1) is 12.7. The van der Waals surface area contributed by atoms with Crippen LogP contribution in [0.5, 0.6) is 0 Å². The van der Waals surface area contributed by atoms with E-state index in [-0.39, 0.29) is 0 Å². The molecule has 0 bridgehead atoms. The number of hydrogen-bond acceptors (Lipinski definition) is 2. The Balaban J connectivity index is 1.80. The molecule has 2 aromatic rings. The summed E-state index contributed by atoms with van der Waals surface area (Å²) in [5.41, 5.74) is 4.99. The van der Waals surface area contributed by atoms with E-state index in [0.717, 1.165) is 0 Å². The molecule has 4 rings (SSSR count). The van der Waals surface area contributed by atoms with Crippen molar-refractivity contribution in [1.82, 2.24) is 0 Å². The average Bonchev–Trinajstić information content (AvgIpc) is 3.23. The predicted molar refractivity (Wildman–Crippen MR) is 117 cm³/mol. The monoisotopic (exact) mass is 374 g/mol. The predicted octanol–water partition coefficient (Wildman–Crippen LogP) is 6.01. The van der Waals surface area contributed by atoms with Gasteiger partial charge in [-0.15, -0.1) is 11.3 Å². The lowest BCUT2D eigenvalue weighted by molar-refractivity contribution is -0.462. The molecule has 0 radical (unpaired) electrons. The maximum absolute atomic E-state index is 2.31. The first-order valence-electron chi connectivity index (χ1n) is 8.56. The van der Waals surface area contributed by atoms with Gasteiger partial charge in [0.25, 0.3) is 0 Å². The molecule has 1 aromatic heterocycles. The lowest BCUT2D eigenvalue weighted by Gasteiger charge is -2.17. The number of thioether (sulfide) groups is 1. The van der Waals surface area contributed by atoms with Gasteiger partial charge in [-0.3, -0.25) is 0 Å². The van der Waals surface area contributed by atoms with Crippen molar-refractivity contribution in [2.24, 2.45) is 0 Å². The third-order valence-corrected chi connectivity index (χ3v) is 6.50. The zero-order valence-electron chi connectivity index (χ0n) is 14.8. The van der Waals surface area contributed by atoms with Gasteiger partial charge in [-0.1, -0.05) is 48.2 Å². The van der Waals surface area contributed by atoms with E-state index in [4.69, 9.17) is 0 Å². The molecule has 1 aliphatic heterocycles. The second kappa shape index (κ2) is 7.48. The van der Waals surface area contributed by atoms with Gasteiger partial charge in [0.05, 0.1) is 0 Å². The topological polar surface area (TPSA) is 3.01 Å². The smallest absolute Gasteiger partial charge is 0.199 e. The van der Waals surface area contributed by atoms with Crippen LogP contribution in [0.4, 0.5) is 0 Å². The van der Waals surface area contributed by atoms with Crippen LogP contribution in [0.25, 0.3) is 9.81 Å². The summed E-state index contributed by atoms with van der Waals surface area (Å²) in [4.78, 5) is 3.93. The zero-order valence-corrected chi connectivity index (χ0v) is 16.5. The maximum Gasteiger partial charge on any atom is 0.199 e. The summed E-state index contributed by atoms with van der Waals surface area (Å²) in [7, 11) is 4.14. The number of benzene rings is 1. The second-order valence-electron chi connectivity index (χ2n) is 6.36. The molecule has 26 heavy (non-hydrogen) atoms. The molecular weight excluding hydrogens is 354 g/mol. The van der Waals surface area contributed by atoms with Crippen LogP contribution in [0.3, 0.4) is 0 Å². The number of nitrogens with zero attached hydrogens (tertiary/aromatic N) is 1. The molecule has 2 aliphatic rings. The Kier molecular flexibility index (Phi) is 4.91. The van der Waals surface area contributed by atoms with Crippen molar-refractivity contribution in [3.8, 4) is 0 Å². The van der Waals surface area contributed by atoms with Crippen LogP contribution >= 0.6 is 23.1 Å². The van der Waals surface area contributed by atoms with E-state index >= 15 is 0 Å². The van der Waals surface area contributed by atoms with Crippen LogP contribution in [0.15, 0.2) is 95.4 Å². The normalized spacial score (nSPS) is 16.6. The van der Waals surface area contributed by atoms with Crippen molar-refractivity contribution in [2.75, 3.05) is 14.1 Å². The molecule has 0 atom stereocenters. The van der Waals surface area contributed by atoms with Gasteiger partial charge >= 0.3 is 0 Å². The van der Waals surface area contributed by atoms with E-state index in [2.05, 4.69) is 103 Å². The Hall–Kier alpha value is -2.36. The lowest BCUT2D eigenvalue weighted by Crippen LogP contribution is -2.09. The molecule has 0 spiro atoms. The van der Waals surface area contributed by atoms with Crippen LogP contribution in [-0.4, -0.2) is 24.4 Å². The van der Waals surface area contributed by atoms with Crippen LogP contribution in [-0.2, 0) is 0 Å². The number of allylic oxidation sites excluding steroid dienone is 8. The van der Waals surface area contributed by atoms with Crippen LogP contribution in [0.1, 0.15) is 10.4 Å². The summed E-state index contributed by atoms with van der Waals surface area (Å²) in [6.07, 6.45) is 13.4. The number of rotatable bonds is 2. The quantitative estimate of drug-likeness (QED) is 0.582. The molecule has 1 nitrogen and oxygen atoms in total. The molecule has 0 N–H and O–H groups in total. The molecule has 3 heteroatoms. The third kappa shape index (κ3) is 3.59. The SMILES string of the molecule is C[N+](C)=C1C=CC(=C2C=C(c3ccccc3)SC(c3cccs3)=C2)C=C1. The maximum atomic E-state index is 2.31. The minimum absolute atomic E-state index is 1.22. The van der Waals surface area contributed by atoms with Crippen LogP contribution in [0.2, 0.25) is 0 Å². The highest BCUT2D eigenvalue weighted by atomic mass is 32.2. The first kappa shape index (κ1) is 17.1. The molecule has 1 aromatic carbocycles. The highest BCUT2D eigenvalue weighted by Gasteiger charge is 2.17. The summed E-state index contributed by atoms with van der Waals surface area (Å²) < 4.78 is 2.13. The van der Waals surface area contributed by atoms with Gasteiger partial charge in [0.15, 0.2) is 5.71 Å². The highest BCUT2D eigenvalue weighted by molar-refractivity contribution is 8.16. The highest BCUT2D eigenvalue weighted by Crippen LogP contribution is 2.45. The fourth-order valence-corrected chi connectivity index (χ4v) is 4.84. The number of hydrogen-bond donors (Lipinski definition) is 0. The molecule has 0 fully saturated rings. The molecule has 1 aliphatic carbocycles. The Morgan fingerprint density at radius 2 is 1.46 bits per heavy atom. The van der Waals surface area contributed by atoms with Crippen LogP contribution in [0, 0.1) is 0 Å². The van der Waals surface area contributed by atoms with Crippen molar-refractivity contribution in [2.45, 2.75) is 0 Å². The molecule has 0 saturated heterocycles. The zero-order chi connectivity index (χ0) is 17.9. The standard InChI is InChI=1S/C23H20NS2/c1-24(2)20-12-10-17(11-13-20)19-15-22(18-7-4-3-5-8-18)26-23(16-19)21-9-6-14-25-21/h3-16H,1-2H3/q+1. The van der Waals surface area contributed by atoms with Gasteiger partial charge in [0, 0.05) is 26.8 Å². The summed E-state index contributed by atoms with van der Waals surface area (Å²) in [5, 5.41) is 2.14. The van der Waals surface area contributed by atoms with E-state index in [1.54, 1.807) is 11.3 Å². The van der Waals surface area contributed by atoms with Gasteiger partial charge in [-0.25, -0.2) is 4.58 Å². The van der Waals surface area contributed by atoms with E-state index in [0.29, 0.717) is 0 Å². The van der Waals surface area contributed by atoms with Gasteiger partial charge < -0.3 is 0 Å². The van der Waals surface area contributed by atoms with Gasteiger partial charge in [-0.05, 0) is 52.5 Å². The van der Waals surface area contributed by atoms with Crippen LogP contribution < -0.4 is 0 Å². The van der Waals surface area contributed by atoms with E-state index in [9.17, 15) is 0 Å². The van der Waals surface area contributed by atoms with Crippen molar-refractivity contribution < 1.29 is 4.58 Å². The summed E-state index contributed by atoms with van der Waals surface area (Å²) in [5.74, 6) is 0. The summed E-state index contributed by atoms with van der Waals surface area (Å²) in [6, 6.07) is 15.0. The Labute approximate surface area is 163 Å². The molecule has 0 amide bonds. The second-order valence-corrected chi connectivity index (χ2v) is 8.39. The first-order valence-corrected chi connectivity index (χ1v) is 10.3. The fraction of sp³-hybridized carbons (Fsp3) is 0.0870. The molecular formula is C23H20NS2+. The van der Waals surface area contributed by atoms with E-state index < -0.39 is 0 Å². The largest absolute Gasteiger partial charge is 0.235 e. The van der Waals surface area contributed by atoms with Crippen molar-refractivity contribution in [3.05, 3.63) is 106 Å². The average molecular weight is 375 g/mol. The summed E-state index contributed by atoms with van der Waals surface area (Å²) in [6.45, 7) is 0. The molecule has 0 unspecified atom stereocenters. The third-order valence-electron chi connectivity index (χ3n) is 4.33. The Morgan fingerprint density at radius 1 is 0.731 bits per heavy atom. The van der Waals surface area contributed by atoms with Gasteiger partial charge in [-0.2, -0.15) is 0 Å². The Morgan fingerprint density at radius 3 is 2.12 bits per heavy atom. The number of thiophene rings is 1. The molecule has 2 heterocycles. The van der Waals surface area contributed by atoms with Gasteiger partial charge in [0.1, 0.15) is 14.1 Å². The molecule has 0 saturated carbocycles. The van der Waals surface area contributed by atoms with Crippen molar-refractivity contribution >= 4 is 38.6 Å². The van der Waals surface area contributed by atoms with E-state index in [1.165, 1.54) is 37.1 Å². The van der Waals surface area contributed by atoms with Crippen molar-refractivity contribution in [1.29, 1.82) is 0 Å². The van der Waals surface area contributed by atoms with E-state index in [1.807, 2.05) is 11.8 Å². The minimum Gasteiger partial charge on any atom is -0.235 e. The van der Waals surface area contributed by atoms with Gasteiger partial charge in [0.2, 0.25) is 0 Å². The summed E-state index contributed by atoms with van der Waals surface area (Å²) >= 11 is 3.65. The minimum atomic E-state index is 1.22. The molecule has 128 valence electrons. The Bertz CT molecular complexity index is 976. The van der Waals surface area contributed by atoms with Crippen molar-refractivity contribution in [3.63, 3.8) is 0 Å².